The predicted molar refractivity (Wildman–Crippen MR) is 78.9 cm³/mol. The highest BCUT2D eigenvalue weighted by Gasteiger charge is 2.16. The molecule has 0 radical (unpaired) electrons. The van der Waals surface area contributed by atoms with Gasteiger partial charge in [-0.05, 0) is 30.3 Å². The Morgan fingerprint density at radius 2 is 2.14 bits per heavy atom. The van der Waals surface area contributed by atoms with Crippen LogP contribution >= 0.6 is 0 Å². The number of hydrogen-bond donors (Lipinski definition) is 1. The van der Waals surface area contributed by atoms with E-state index in [0.29, 0.717) is 23.6 Å². The van der Waals surface area contributed by atoms with Gasteiger partial charge in [0.25, 0.3) is 5.91 Å². The monoisotopic (exact) mass is 295 g/mol. The van der Waals surface area contributed by atoms with Crippen LogP contribution < -0.4 is 14.8 Å². The minimum Gasteiger partial charge on any atom is -0.454 e. The molecule has 22 heavy (non-hydrogen) atoms. The summed E-state index contributed by atoms with van der Waals surface area (Å²) in [7, 11) is 0. The van der Waals surface area contributed by atoms with Crippen molar-refractivity contribution in [2.45, 2.75) is 6.54 Å². The van der Waals surface area contributed by atoms with E-state index < -0.39 is 0 Å². The Morgan fingerprint density at radius 3 is 3.09 bits per heavy atom. The van der Waals surface area contributed by atoms with E-state index in [0.717, 1.165) is 11.1 Å². The topological polar surface area (TPSA) is 64.9 Å². The number of carbonyl (C=O) groups excluding carboxylic acids is 1. The summed E-state index contributed by atoms with van der Waals surface area (Å²) in [4.78, 5) is 12.2. The molecule has 0 bridgehead atoms. The molecule has 2 aromatic heterocycles. The minimum atomic E-state index is -0.159. The number of hydrogen-bond acceptors (Lipinski definition) is 4. The molecule has 1 amide bonds. The number of pyridine rings is 1. The maximum atomic E-state index is 12.2. The quantitative estimate of drug-likeness (QED) is 0.802. The molecule has 6 heteroatoms. The Kier molecular flexibility index (Phi) is 2.93. The zero-order valence-electron chi connectivity index (χ0n) is 11.7. The van der Waals surface area contributed by atoms with Crippen molar-refractivity contribution in [1.29, 1.82) is 0 Å². The highest BCUT2D eigenvalue weighted by atomic mass is 16.7. The lowest BCUT2D eigenvalue weighted by Crippen LogP contribution is -2.22. The van der Waals surface area contributed by atoms with Gasteiger partial charge in [-0.3, -0.25) is 4.79 Å². The predicted octanol–water partition coefficient (Wildman–Crippen LogP) is 1.99. The number of ether oxygens (including phenoxy) is 2. The molecule has 4 rings (SSSR count). The number of benzene rings is 1. The second-order valence-electron chi connectivity index (χ2n) is 4.95. The molecule has 1 N–H and O–H groups in total. The van der Waals surface area contributed by atoms with Gasteiger partial charge in [0.2, 0.25) is 6.79 Å². The molecule has 0 aliphatic carbocycles. The number of nitrogens with zero attached hydrogens (tertiary/aromatic N) is 2. The molecule has 6 nitrogen and oxygen atoms in total. The fourth-order valence-electron chi connectivity index (χ4n) is 2.44. The Bertz CT molecular complexity index is 857. The van der Waals surface area contributed by atoms with Crippen molar-refractivity contribution in [1.82, 2.24) is 14.9 Å². The van der Waals surface area contributed by atoms with Crippen LogP contribution in [0, 0.1) is 0 Å². The molecule has 0 fully saturated rings. The summed E-state index contributed by atoms with van der Waals surface area (Å²) in [6.45, 7) is 0.615. The molecular formula is C16H13N3O3. The lowest BCUT2D eigenvalue weighted by Gasteiger charge is -2.05. The van der Waals surface area contributed by atoms with Crippen molar-refractivity contribution in [3.8, 4) is 11.5 Å². The number of rotatable bonds is 3. The van der Waals surface area contributed by atoms with E-state index >= 15 is 0 Å². The summed E-state index contributed by atoms with van der Waals surface area (Å²) in [5.74, 6) is 1.11. The number of amides is 1. The van der Waals surface area contributed by atoms with Gasteiger partial charge in [-0.15, -0.1) is 0 Å². The fourth-order valence-corrected chi connectivity index (χ4v) is 2.44. The second kappa shape index (κ2) is 5.07. The van der Waals surface area contributed by atoms with Crippen LogP contribution in [0.5, 0.6) is 11.5 Å². The molecule has 1 aliphatic heterocycles. The fraction of sp³-hybridized carbons (Fsp3) is 0.125. The van der Waals surface area contributed by atoms with Crippen LogP contribution in [0.25, 0.3) is 5.52 Å². The van der Waals surface area contributed by atoms with Crippen LogP contribution in [0.2, 0.25) is 0 Å². The van der Waals surface area contributed by atoms with Crippen LogP contribution in [-0.2, 0) is 6.54 Å². The number of nitrogens with one attached hydrogen (secondary N) is 1. The average molecular weight is 295 g/mol. The van der Waals surface area contributed by atoms with Crippen LogP contribution in [0.4, 0.5) is 0 Å². The molecule has 3 heterocycles. The molecular weight excluding hydrogens is 282 g/mol. The Morgan fingerprint density at radius 1 is 1.23 bits per heavy atom. The maximum Gasteiger partial charge on any atom is 0.251 e. The van der Waals surface area contributed by atoms with E-state index in [4.69, 9.17) is 9.47 Å². The van der Waals surface area contributed by atoms with Crippen molar-refractivity contribution < 1.29 is 14.3 Å². The van der Waals surface area contributed by atoms with Gasteiger partial charge in [-0.2, -0.15) is 5.10 Å². The third-order valence-corrected chi connectivity index (χ3v) is 3.58. The Labute approximate surface area is 126 Å². The lowest BCUT2D eigenvalue weighted by atomic mass is 10.2. The number of aromatic nitrogens is 2. The van der Waals surface area contributed by atoms with E-state index in [1.165, 1.54) is 0 Å². The third-order valence-electron chi connectivity index (χ3n) is 3.58. The van der Waals surface area contributed by atoms with E-state index in [-0.39, 0.29) is 12.7 Å². The molecule has 0 saturated carbocycles. The first-order chi connectivity index (χ1) is 10.8. The van der Waals surface area contributed by atoms with Crippen molar-refractivity contribution in [3.05, 3.63) is 59.9 Å². The van der Waals surface area contributed by atoms with Crippen LogP contribution in [0.1, 0.15) is 15.9 Å². The molecule has 0 atom stereocenters. The van der Waals surface area contributed by atoms with Gasteiger partial charge >= 0.3 is 0 Å². The van der Waals surface area contributed by atoms with Gasteiger partial charge in [-0.1, -0.05) is 6.07 Å². The first-order valence-corrected chi connectivity index (χ1v) is 6.90. The van der Waals surface area contributed by atoms with Gasteiger partial charge < -0.3 is 14.8 Å². The minimum absolute atomic E-state index is 0.159. The molecule has 1 aliphatic rings. The zero-order valence-corrected chi connectivity index (χ0v) is 11.7. The van der Waals surface area contributed by atoms with Gasteiger partial charge in [0.1, 0.15) is 0 Å². The molecule has 0 spiro atoms. The number of fused-ring (bicyclic) bond motifs is 2. The van der Waals surface area contributed by atoms with E-state index in [1.54, 1.807) is 28.9 Å². The summed E-state index contributed by atoms with van der Waals surface area (Å²) < 4.78 is 12.3. The summed E-state index contributed by atoms with van der Waals surface area (Å²) in [5.41, 5.74) is 2.49. The highest BCUT2D eigenvalue weighted by molar-refractivity contribution is 5.95. The van der Waals surface area contributed by atoms with Crippen LogP contribution in [-0.4, -0.2) is 22.3 Å². The molecule has 1 aromatic carbocycles. The largest absolute Gasteiger partial charge is 0.454 e. The normalized spacial score (nSPS) is 12.5. The van der Waals surface area contributed by atoms with Crippen molar-refractivity contribution in [2.24, 2.45) is 0 Å². The average Bonchev–Trinajstić information content (AvgIpc) is 3.18. The smallest absolute Gasteiger partial charge is 0.251 e. The van der Waals surface area contributed by atoms with Crippen molar-refractivity contribution >= 4 is 11.4 Å². The highest BCUT2D eigenvalue weighted by Crippen LogP contribution is 2.32. The van der Waals surface area contributed by atoms with Gasteiger partial charge in [0.05, 0.1) is 11.7 Å². The first-order valence-electron chi connectivity index (χ1n) is 6.90. The van der Waals surface area contributed by atoms with Gasteiger partial charge in [-0.25, -0.2) is 4.52 Å². The Hall–Kier alpha value is -3.02. The summed E-state index contributed by atoms with van der Waals surface area (Å²) in [6.07, 6.45) is 3.63. The molecule has 3 aromatic rings. The SMILES string of the molecule is O=C(NCc1cnn2ccccc12)c1ccc2c(c1)OCO2. The van der Waals surface area contributed by atoms with Crippen molar-refractivity contribution in [2.75, 3.05) is 6.79 Å². The molecule has 110 valence electrons. The van der Waals surface area contributed by atoms with Gasteiger partial charge in [0.15, 0.2) is 11.5 Å². The van der Waals surface area contributed by atoms with E-state index in [1.807, 2.05) is 24.4 Å². The number of carbonyl (C=O) groups is 1. The van der Waals surface area contributed by atoms with E-state index in [9.17, 15) is 4.79 Å². The zero-order chi connectivity index (χ0) is 14.9. The van der Waals surface area contributed by atoms with Crippen LogP contribution in [0.3, 0.4) is 0 Å². The lowest BCUT2D eigenvalue weighted by molar-refractivity contribution is 0.0950. The maximum absolute atomic E-state index is 12.2. The summed E-state index contributed by atoms with van der Waals surface area (Å²) in [6, 6.07) is 11.0. The Balaban J connectivity index is 1.50. The molecule has 0 unspecified atom stereocenters. The standard InChI is InChI=1S/C16H13N3O3/c20-16(11-4-5-14-15(7-11)22-10-21-14)17-8-12-9-18-19-6-2-1-3-13(12)19/h1-7,9H,8,10H2,(H,17,20). The first kappa shape index (κ1) is 12.7. The summed E-state index contributed by atoms with van der Waals surface area (Å²) in [5, 5.41) is 7.14. The third kappa shape index (κ3) is 2.14. The van der Waals surface area contributed by atoms with Gasteiger partial charge in [0, 0.05) is 23.9 Å². The molecule has 0 saturated heterocycles. The van der Waals surface area contributed by atoms with Crippen molar-refractivity contribution in [3.63, 3.8) is 0 Å². The van der Waals surface area contributed by atoms with Crippen LogP contribution in [0.15, 0.2) is 48.8 Å². The van der Waals surface area contributed by atoms with E-state index in [2.05, 4.69) is 10.4 Å². The summed E-state index contributed by atoms with van der Waals surface area (Å²) >= 11 is 0. The second-order valence-corrected chi connectivity index (χ2v) is 4.95.